The van der Waals surface area contributed by atoms with E-state index in [0.717, 1.165) is 0 Å². The molecule has 2 heterocycles. The SMILES string of the molecule is CC1CN(CC2CCC3(CCCC3)O2)C2(CCCC2)CN1. The highest BCUT2D eigenvalue weighted by Crippen LogP contribution is 2.44. The van der Waals surface area contributed by atoms with Gasteiger partial charge >= 0.3 is 0 Å². The Hall–Kier alpha value is -0.120. The average Bonchev–Trinajstić information content (AvgIpc) is 3.19. The van der Waals surface area contributed by atoms with Crippen LogP contribution in [0.5, 0.6) is 0 Å². The van der Waals surface area contributed by atoms with Crippen molar-refractivity contribution in [3.8, 4) is 0 Å². The fourth-order valence-corrected chi connectivity index (χ4v) is 5.52. The van der Waals surface area contributed by atoms with E-state index in [1.54, 1.807) is 0 Å². The molecule has 0 bridgehead atoms. The summed E-state index contributed by atoms with van der Waals surface area (Å²) in [5.74, 6) is 0. The first-order valence-electron chi connectivity index (χ1n) is 9.36. The van der Waals surface area contributed by atoms with E-state index in [2.05, 4.69) is 17.1 Å². The van der Waals surface area contributed by atoms with E-state index in [-0.39, 0.29) is 0 Å². The van der Waals surface area contributed by atoms with Crippen LogP contribution in [-0.2, 0) is 4.74 Å². The van der Waals surface area contributed by atoms with E-state index in [9.17, 15) is 0 Å². The molecule has 0 radical (unpaired) electrons. The van der Waals surface area contributed by atoms with Crippen LogP contribution in [0.25, 0.3) is 0 Å². The Bertz CT molecular complexity index is 371. The van der Waals surface area contributed by atoms with Gasteiger partial charge in [-0.05, 0) is 45.4 Å². The molecule has 21 heavy (non-hydrogen) atoms. The van der Waals surface area contributed by atoms with E-state index in [0.29, 0.717) is 23.3 Å². The van der Waals surface area contributed by atoms with Crippen LogP contribution in [0, 0.1) is 0 Å². The average molecular weight is 292 g/mol. The third kappa shape index (κ3) is 2.66. The molecule has 2 aliphatic carbocycles. The highest BCUT2D eigenvalue weighted by molar-refractivity contribution is 5.03. The minimum Gasteiger partial charge on any atom is -0.370 e. The van der Waals surface area contributed by atoms with Gasteiger partial charge in [0.1, 0.15) is 0 Å². The Morgan fingerprint density at radius 2 is 1.76 bits per heavy atom. The first kappa shape index (κ1) is 14.5. The van der Waals surface area contributed by atoms with Gasteiger partial charge in [-0.15, -0.1) is 0 Å². The topological polar surface area (TPSA) is 24.5 Å². The van der Waals surface area contributed by atoms with Crippen molar-refractivity contribution in [2.24, 2.45) is 0 Å². The molecule has 3 heteroatoms. The summed E-state index contributed by atoms with van der Waals surface area (Å²) in [4.78, 5) is 2.82. The van der Waals surface area contributed by atoms with Crippen LogP contribution in [0.2, 0.25) is 0 Å². The first-order chi connectivity index (χ1) is 10.2. The molecular formula is C18H32N2O. The molecule has 0 aromatic rings. The van der Waals surface area contributed by atoms with Gasteiger partial charge in [-0.1, -0.05) is 25.7 Å². The van der Waals surface area contributed by atoms with Crippen LogP contribution < -0.4 is 5.32 Å². The van der Waals surface area contributed by atoms with E-state index in [1.165, 1.54) is 83.8 Å². The van der Waals surface area contributed by atoms with Crippen LogP contribution in [-0.4, -0.2) is 47.8 Å². The van der Waals surface area contributed by atoms with Gasteiger partial charge in [0.05, 0.1) is 11.7 Å². The number of ether oxygens (including phenoxy) is 1. The van der Waals surface area contributed by atoms with Gasteiger partial charge in [0.25, 0.3) is 0 Å². The molecule has 0 aromatic carbocycles. The van der Waals surface area contributed by atoms with Crippen molar-refractivity contribution in [1.29, 1.82) is 0 Å². The standard InChI is InChI=1S/C18H32N2O/c1-15-12-20(17(14-19-15)7-2-3-8-17)13-16-6-11-18(21-16)9-4-5-10-18/h15-16,19H,2-14H2,1H3. The minimum absolute atomic E-state index is 0.299. The van der Waals surface area contributed by atoms with Crippen molar-refractivity contribution in [2.45, 2.75) is 94.4 Å². The van der Waals surface area contributed by atoms with Gasteiger partial charge < -0.3 is 10.1 Å². The molecule has 2 atom stereocenters. The van der Waals surface area contributed by atoms with Gasteiger partial charge in [0.15, 0.2) is 0 Å². The molecule has 4 fully saturated rings. The molecule has 0 aromatic heterocycles. The number of hydrogen-bond donors (Lipinski definition) is 1. The zero-order chi connectivity index (χ0) is 14.3. The maximum Gasteiger partial charge on any atom is 0.0710 e. The normalized spacial score (nSPS) is 38.7. The van der Waals surface area contributed by atoms with Crippen LogP contribution in [0.1, 0.15) is 71.1 Å². The minimum atomic E-state index is 0.299. The summed E-state index contributed by atoms with van der Waals surface area (Å²) in [7, 11) is 0. The molecule has 2 saturated heterocycles. The molecule has 2 aliphatic heterocycles. The summed E-state index contributed by atoms with van der Waals surface area (Å²) in [5.41, 5.74) is 0.758. The number of hydrogen-bond acceptors (Lipinski definition) is 3. The zero-order valence-corrected chi connectivity index (χ0v) is 13.7. The molecule has 3 nitrogen and oxygen atoms in total. The molecule has 2 unspecified atom stereocenters. The number of nitrogens with zero attached hydrogens (tertiary/aromatic N) is 1. The molecule has 2 saturated carbocycles. The summed E-state index contributed by atoms with van der Waals surface area (Å²) >= 11 is 0. The smallest absolute Gasteiger partial charge is 0.0710 e. The molecular weight excluding hydrogens is 260 g/mol. The monoisotopic (exact) mass is 292 g/mol. The van der Waals surface area contributed by atoms with E-state index in [4.69, 9.17) is 4.74 Å². The number of piperazine rings is 1. The van der Waals surface area contributed by atoms with Crippen LogP contribution in [0.4, 0.5) is 0 Å². The third-order valence-electron chi connectivity index (χ3n) is 6.76. The lowest BCUT2D eigenvalue weighted by Gasteiger charge is -2.48. The second kappa shape index (κ2) is 5.50. The Balaban J connectivity index is 1.42. The molecule has 0 amide bonds. The highest BCUT2D eigenvalue weighted by atomic mass is 16.5. The largest absolute Gasteiger partial charge is 0.370 e. The van der Waals surface area contributed by atoms with Gasteiger partial charge in [0, 0.05) is 31.2 Å². The second-order valence-electron chi connectivity index (χ2n) is 8.29. The number of rotatable bonds is 2. The van der Waals surface area contributed by atoms with Crippen molar-refractivity contribution >= 4 is 0 Å². The van der Waals surface area contributed by atoms with Crippen LogP contribution in [0.3, 0.4) is 0 Å². The fourth-order valence-electron chi connectivity index (χ4n) is 5.52. The lowest BCUT2D eigenvalue weighted by atomic mass is 9.90. The van der Waals surface area contributed by atoms with E-state index >= 15 is 0 Å². The Morgan fingerprint density at radius 1 is 1.05 bits per heavy atom. The van der Waals surface area contributed by atoms with E-state index in [1.807, 2.05) is 0 Å². The summed E-state index contributed by atoms with van der Waals surface area (Å²) in [6, 6.07) is 0.637. The molecule has 4 aliphatic rings. The lowest BCUT2D eigenvalue weighted by Crippen LogP contribution is -2.64. The van der Waals surface area contributed by atoms with Crippen molar-refractivity contribution in [3.63, 3.8) is 0 Å². The van der Waals surface area contributed by atoms with Crippen molar-refractivity contribution in [1.82, 2.24) is 10.2 Å². The summed E-state index contributed by atoms with van der Waals surface area (Å²) < 4.78 is 6.59. The van der Waals surface area contributed by atoms with E-state index < -0.39 is 0 Å². The van der Waals surface area contributed by atoms with Crippen molar-refractivity contribution in [2.75, 3.05) is 19.6 Å². The molecule has 1 N–H and O–H groups in total. The quantitative estimate of drug-likeness (QED) is 0.846. The third-order valence-corrected chi connectivity index (χ3v) is 6.76. The zero-order valence-electron chi connectivity index (χ0n) is 13.7. The Labute approximate surface area is 129 Å². The summed E-state index contributed by atoms with van der Waals surface area (Å²) in [6.45, 7) is 5.94. The van der Waals surface area contributed by atoms with Gasteiger partial charge in [-0.3, -0.25) is 4.90 Å². The first-order valence-corrected chi connectivity index (χ1v) is 9.36. The summed E-state index contributed by atoms with van der Waals surface area (Å²) in [5, 5.41) is 3.74. The maximum atomic E-state index is 6.59. The predicted molar refractivity (Wildman–Crippen MR) is 85.5 cm³/mol. The van der Waals surface area contributed by atoms with Gasteiger partial charge in [-0.2, -0.15) is 0 Å². The van der Waals surface area contributed by atoms with Gasteiger partial charge in [-0.25, -0.2) is 0 Å². The fraction of sp³-hybridized carbons (Fsp3) is 1.00. The Morgan fingerprint density at radius 3 is 2.52 bits per heavy atom. The molecule has 2 spiro atoms. The van der Waals surface area contributed by atoms with Crippen LogP contribution >= 0.6 is 0 Å². The Kier molecular flexibility index (Phi) is 3.79. The predicted octanol–water partition coefficient (Wildman–Crippen LogP) is 3.08. The molecule has 120 valence electrons. The number of nitrogens with one attached hydrogen (secondary N) is 1. The summed E-state index contributed by atoms with van der Waals surface area (Å²) in [6.07, 6.45) is 14.2. The second-order valence-corrected chi connectivity index (χ2v) is 8.29. The van der Waals surface area contributed by atoms with Crippen molar-refractivity contribution < 1.29 is 4.74 Å². The lowest BCUT2D eigenvalue weighted by molar-refractivity contribution is -0.0670. The van der Waals surface area contributed by atoms with Gasteiger partial charge in [0.2, 0.25) is 0 Å². The molecule has 4 rings (SSSR count). The maximum absolute atomic E-state index is 6.59. The highest BCUT2D eigenvalue weighted by Gasteiger charge is 2.47. The van der Waals surface area contributed by atoms with Crippen LogP contribution in [0.15, 0.2) is 0 Å². The van der Waals surface area contributed by atoms with Crippen molar-refractivity contribution in [3.05, 3.63) is 0 Å².